The highest BCUT2D eigenvalue weighted by atomic mass is 79.9. The van der Waals surface area contributed by atoms with Gasteiger partial charge in [0.2, 0.25) is 0 Å². The van der Waals surface area contributed by atoms with Crippen LogP contribution in [0.5, 0.6) is 5.75 Å². The molecule has 116 valence electrons. The fourth-order valence-electron chi connectivity index (χ4n) is 1.71. The minimum atomic E-state index is -0.375. The molecular formula is C15H14BrClN2O3. The number of carbonyl (C=O) groups excluding carboxylic acids is 1. The molecule has 2 aromatic rings. The molecule has 0 aliphatic heterocycles. The van der Waals surface area contributed by atoms with Crippen molar-refractivity contribution in [2.24, 2.45) is 5.10 Å². The number of furan rings is 1. The highest BCUT2D eigenvalue weighted by Crippen LogP contribution is 2.35. The molecule has 1 aromatic heterocycles. The van der Waals surface area contributed by atoms with Gasteiger partial charge in [-0.1, -0.05) is 11.6 Å². The lowest BCUT2D eigenvalue weighted by atomic mass is 10.1. The number of aryl methyl sites for hydroxylation is 1. The Labute approximate surface area is 141 Å². The van der Waals surface area contributed by atoms with Crippen molar-refractivity contribution in [3.63, 3.8) is 0 Å². The van der Waals surface area contributed by atoms with Crippen molar-refractivity contribution in [3.05, 3.63) is 50.8 Å². The number of halogens is 2. The van der Waals surface area contributed by atoms with Crippen molar-refractivity contribution in [3.8, 4) is 5.75 Å². The van der Waals surface area contributed by atoms with Gasteiger partial charge < -0.3 is 9.15 Å². The third-order valence-electron chi connectivity index (χ3n) is 2.85. The van der Waals surface area contributed by atoms with Crippen LogP contribution in [0.2, 0.25) is 5.02 Å². The second-order valence-electron chi connectivity index (χ2n) is 4.54. The number of rotatable bonds is 5. The van der Waals surface area contributed by atoms with Crippen molar-refractivity contribution in [2.45, 2.75) is 13.8 Å². The normalized spacial score (nSPS) is 10.9. The maximum atomic E-state index is 11.7. The standard InChI is InChI=1S/C15H14BrClN2O3/c1-9-6-12(14(16)10(2)15(9)17)22-8-13(20)19-18-7-11-4-3-5-21-11/h3-7H,8H2,1-2H3,(H,19,20)/b18-7+. The molecule has 0 fully saturated rings. The van der Waals surface area contributed by atoms with Gasteiger partial charge in [0.05, 0.1) is 17.0 Å². The Balaban J connectivity index is 1.91. The number of hydrogen-bond donors (Lipinski definition) is 1. The number of nitrogens with one attached hydrogen (secondary N) is 1. The number of ether oxygens (including phenoxy) is 1. The van der Waals surface area contributed by atoms with Gasteiger partial charge in [0.1, 0.15) is 11.5 Å². The van der Waals surface area contributed by atoms with Crippen LogP contribution in [0.1, 0.15) is 16.9 Å². The van der Waals surface area contributed by atoms with Crippen LogP contribution in [0.15, 0.2) is 38.5 Å². The van der Waals surface area contributed by atoms with E-state index < -0.39 is 0 Å². The third-order valence-corrected chi connectivity index (χ3v) is 4.42. The van der Waals surface area contributed by atoms with Crippen molar-refractivity contribution < 1.29 is 13.9 Å². The zero-order valence-electron chi connectivity index (χ0n) is 12.0. The number of hydrogen-bond acceptors (Lipinski definition) is 4. The molecule has 1 heterocycles. The molecular weight excluding hydrogens is 372 g/mol. The number of nitrogens with zero attached hydrogens (tertiary/aromatic N) is 1. The zero-order valence-corrected chi connectivity index (χ0v) is 14.4. The molecule has 22 heavy (non-hydrogen) atoms. The fourth-order valence-corrected chi connectivity index (χ4v) is 2.40. The van der Waals surface area contributed by atoms with Gasteiger partial charge >= 0.3 is 0 Å². The molecule has 0 saturated heterocycles. The number of carbonyl (C=O) groups is 1. The van der Waals surface area contributed by atoms with Crippen LogP contribution < -0.4 is 10.2 Å². The van der Waals surface area contributed by atoms with E-state index in [4.69, 9.17) is 20.8 Å². The second kappa shape index (κ2) is 7.47. The molecule has 0 aliphatic carbocycles. The van der Waals surface area contributed by atoms with Crippen LogP contribution in [0.25, 0.3) is 0 Å². The van der Waals surface area contributed by atoms with Gasteiger partial charge in [-0.15, -0.1) is 0 Å². The molecule has 0 atom stereocenters. The molecule has 5 nitrogen and oxygen atoms in total. The summed E-state index contributed by atoms with van der Waals surface area (Å²) in [4.78, 5) is 11.7. The topological polar surface area (TPSA) is 63.8 Å². The summed E-state index contributed by atoms with van der Waals surface area (Å²) < 4.78 is 11.3. The summed E-state index contributed by atoms with van der Waals surface area (Å²) in [5, 5.41) is 4.44. The summed E-state index contributed by atoms with van der Waals surface area (Å²) in [6, 6.07) is 5.23. The lowest BCUT2D eigenvalue weighted by Gasteiger charge is -2.12. The van der Waals surface area contributed by atoms with Crippen molar-refractivity contribution in [2.75, 3.05) is 6.61 Å². The van der Waals surface area contributed by atoms with Crippen molar-refractivity contribution >= 4 is 39.7 Å². The van der Waals surface area contributed by atoms with Gasteiger partial charge in [-0.2, -0.15) is 5.10 Å². The summed E-state index contributed by atoms with van der Waals surface area (Å²) in [6.45, 7) is 3.59. The first-order valence-electron chi connectivity index (χ1n) is 6.42. The first-order valence-corrected chi connectivity index (χ1v) is 7.59. The highest BCUT2D eigenvalue weighted by Gasteiger charge is 2.12. The van der Waals surface area contributed by atoms with E-state index in [0.29, 0.717) is 16.5 Å². The fraction of sp³-hybridized carbons (Fsp3) is 0.200. The molecule has 2 rings (SSSR count). The number of benzene rings is 1. The van der Waals surface area contributed by atoms with Gasteiger partial charge in [-0.25, -0.2) is 5.43 Å². The molecule has 0 saturated carbocycles. The Morgan fingerprint density at radius 1 is 1.55 bits per heavy atom. The zero-order chi connectivity index (χ0) is 16.1. The number of hydrazone groups is 1. The largest absolute Gasteiger partial charge is 0.483 e. The summed E-state index contributed by atoms with van der Waals surface area (Å²) >= 11 is 9.55. The average Bonchev–Trinajstić information content (AvgIpc) is 3.01. The molecule has 1 aromatic carbocycles. The Kier molecular flexibility index (Phi) is 5.63. The SMILES string of the molecule is Cc1cc(OCC(=O)N/N=C/c2ccco2)c(Br)c(C)c1Cl. The predicted octanol–water partition coefficient (Wildman–Crippen LogP) is 3.84. The Hall–Kier alpha value is -1.79. The highest BCUT2D eigenvalue weighted by molar-refractivity contribution is 9.10. The third kappa shape index (κ3) is 4.11. The summed E-state index contributed by atoms with van der Waals surface area (Å²) in [7, 11) is 0. The maximum Gasteiger partial charge on any atom is 0.277 e. The Bertz CT molecular complexity index is 699. The van der Waals surface area contributed by atoms with E-state index >= 15 is 0 Å². The van der Waals surface area contributed by atoms with Crippen molar-refractivity contribution in [1.29, 1.82) is 0 Å². The van der Waals surface area contributed by atoms with E-state index in [-0.39, 0.29) is 12.5 Å². The summed E-state index contributed by atoms with van der Waals surface area (Å²) in [5.74, 6) is 0.734. The molecule has 0 radical (unpaired) electrons. The lowest BCUT2D eigenvalue weighted by Crippen LogP contribution is -2.24. The minimum absolute atomic E-state index is 0.158. The van der Waals surface area contributed by atoms with Crippen LogP contribution >= 0.6 is 27.5 Å². The van der Waals surface area contributed by atoms with E-state index in [1.165, 1.54) is 12.5 Å². The van der Waals surface area contributed by atoms with E-state index in [1.807, 2.05) is 13.8 Å². The van der Waals surface area contributed by atoms with Crippen molar-refractivity contribution in [1.82, 2.24) is 5.43 Å². The van der Waals surface area contributed by atoms with E-state index in [1.54, 1.807) is 18.2 Å². The molecule has 1 N–H and O–H groups in total. The van der Waals surface area contributed by atoms with Gasteiger partial charge in [0.25, 0.3) is 5.91 Å². The smallest absolute Gasteiger partial charge is 0.277 e. The van der Waals surface area contributed by atoms with Crippen LogP contribution in [0, 0.1) is 13.8 Å². The van der Waals surface area contributed by atoms with Gasteiger partial charge in [-0.3, -0.25) is 4.79 Å². The monoisotopic (exact) mass is 384 g/mol. The Morgan fingerprint density at radius 3 is 3.00 bits per heavy atom. The molecule has 7 heteroatoms. The second-order valence-corrected chi connectivity index (χ2v) is 5.71. The Morgan fingerprint density at radius 2 is 2.32 bits per heavy atom. The summed E-state index contributed by atoms with van der Waals surface area (Å²) in [5.41, 5.74) is 4.11. The average molecular weight is 386 g/mol. The van der Waals surface area contributed by atoms with E-state index in [9.17, 15) is 4.79 Å². The van der Waals surface area contributed by atoms with Crippen LogP contribution in [0.3, 0.4) is 0 Å². The van der Waals surface area contributed by atoms with Crippen LogP contribution in [-0.4, -0.2) is 18.7 Å². The molecule has 0 spiro atoms. The van der Waals surface area contributed by atoms with E-state index in [0.717, 1.165) is 15.6 Å². The molecule has 0 aliphatic rings. The quantitative estimate of drug-likeness (QED) is 0.628. The lowest BCUT2D eigenvalue weighted by molar-refractivity contribution is -0.123. The molecule has 0 unspecified atom stereocenters. The molecule has 1 amide bonds. The van der Waals surface area contributed by atoms with Gasteiger partial charge in [0.15, 0.2) is 6.61 Å². The van der Waals surface area contributed by atoms with Crippen LogP contribution in [-0.2, 0) is 4.79 Å². The van der Waals surface area contributed by atoms with Crippen LogP contribution in [0.4, 0.5) is 0 Å². The molecule has 0 bridgehead atoms. The predicted molar refractivity (Wildman–Crippen MR) is 88.6 cm³/mol. The van der Waals surface area contributed by atoms with E-state index in [2.05, 4.69) is 26.5 Å². The number of amides is 1. The minimum Gasteiger partial charge on any atom is -0.483 e. The first kappa shape index (κ1) is 16.6. The maximum absolute atomic E-state index is 11.7. The summed E-state index contributed by atoms with van der Waals surface area (Å²) in [6.07, 6.45) is 2.93. The van der Waals surface area contributed by atoms with Gasteiger partial charge in [0, 0.05) is 5.02 Å². The van der Waals surface area contributed by atoms with Gasteiger partial charge in [-0.05, 0) is 59.1 Å². The first-order chi connectivity index (χ1) is 10.5.